The number of halogens is 4. The van der Waals surface area contributed by atoms with Crippen LogP contribution in [0.5, 0.6) is 0 Å². The van der Waals surface area contributed by atoms with Crippen LogP contribution in [0.15, 0.2) is 54.6 Å². The molecule has 1 heterocycles. The summed E-state index contributed by atoms with van der Waals surface area (Å²) in [6.07, 6.45) is -2.22. The molecule has 47 heavy (non-hydrogen) atoms. The van der Waals surface area contributed by atoms with Crippen LogP contribution in [0, 0.1) is 30.2 Å². The summed E-state index contributed by atoms with van der Waals surface area (Å²) in [7, 11) is 0. The molecular weight excluding hydrogens is 622 g/mol. The lowest BCUT2D eigenvalue weighted by Gasteiger charge is -2.26. The van der Waals surface area contributed by atoms with E-state index in [4.69, 9.17) is 9.47 Å². The van der Waals surface area contributed by atoms with Crippen molar-refractivity contribution in [2.45, 2.75) is 90.7 Å². The molecule has 3 atom stereocenters. The van der Waals surface area contributed by atoms with Crippen LogP contribution >= 0.6 is 0 Å². The fourth-order valence-electron chi connectivity index (χ4n) is 4.19. The molecule has 0 aliphatic heterocycles. The van der Waals surface area contributed by atoms with Crippen molar-refractivity contribution in [2.75, 3.05) is 0 Å². The highest BCUT2D eigenvalue weighted by atomic mass is 19.1. The van der Waals surface area contributed by atoms with E-state index < -0.39 is 64.8 Å². The largest absolute Gasteiger partial charge is 0.444 e. The second-order valence-corrected chi connectivity index (χ2v) is 12.8. The number of aryl methyl sites for hydroxylation is 1. The second kappa shape index (κ2) is 16.9. The Hall–Kier alpha value is -4.52. The van der Waals surface area contributed by atoms with Crippen molar-refractivity contribution in [3.8, 4) is 0 Å². The van der Waals surface area contributed by atoms with Gasteiger partial charge in [-0.25, -0.2) is 27.2 Å². The quantitative estimate of drug-likeness (QED) is 0.178. The maximum atomic E-state index is 13.5. The third-order valence-corrected chi connectivity index (χ3v) is 5.92. The number of nitrogens with one attached hydrogen (secondary N) is 2. The van der Waals surface area contributed by atoms with Crippen LogP contribution in [0.4, 0.5) is 27.2 Å². The minimum absolute atomic E-state index is 0.00921. The van der Waals surface area contributed by atoms with Gasteiger partial charge in [0.1, 0.15) is 46.9 Å². The lowest BCUT2D eigenvalue weighted by Crippen LogP contribution is -2.43. The Labute approximate surface area is 271 Å². The minimum atomic E-state index is -1.19. The van der Waals surface area contributed by atoms with Crippen LogP contribution in [-0.2, 0) is 27.1 Å². The average molecular weight is 664 g/mol. The van der Waals surface area contributed by atoms with E-state index in [9.17, 15) is 37.1 Å². The summed E-state index contributed by atoms with van der Waals surface area (Å²) in [6, 6.07) is 9.34. The molecule has 0 spiro atoms. The molecule has 9 nitrogen and oxygen atoms in total. The van der Waals surface area contributed by atoms with Gasteiger partial charge >= 0.3 is 12.2 Å². The molecule has 0 aliphatic carbocycles. The first kappa shape index (κ1) is 38.7. The summed E-state index contributed by atoms with van der Waals surface area (Å²) in [5.74, 6) is -2.93. The Bertz CT molecular complexity index is 1480. The number of alkyl carbamates (subject to hydrolysis) is 2. The molecule has 13 heteroatoms. The van der Waals surface area contributed by atoms with Crippen LogP contribution in [0.3, 0.4) is 0 Å². The summed E-state index contributed by atoms with van der Waals surface area (Å²) in [4.78, 5) is 38.9. The third kappa shape index (κ3) is 15.1. The summed E-state index contributed by atoms with van der Waals surface area (Å²) in [6.45, 7) is 12.0. The first-order chi connectivity index (χ1) is 21.7. The number of aliphatic hydroxyl groups is 1. The topological polar surface area (TPSA) is 127 Å². The SMILES string of the molecule is CC(C)(C)OC(=O)N[C@H](C=O)Cc1cc(F)cc(F)c1.Cc1cccc(C(O)[C@H](Cc2cc(F)cc(F)c2)NC(=O)OC(C)(C)C)n1. The maximum Gasteiger partial charge on any atom is 0.408 e. The summed E-state index contributed by atoms with van der Waals surface area (Å²) < 4.78 is 63.3. The second-order valence-electron chi connectivity index (χ2n) is 12.8. The van der Waals surface area contributed by atoms with Crippen molar-refractivity contribution in [3.05, 3.63) is 100 Å². The smallest absolute Gasteiger partial charge is 0.408 e. The lowest BCUT2D eigenvalue weighted by molar-refractivity contribution is -0.109. The number of benzene rings is 2. The van der Waals surface area contributed by atoms with Crippen LogP contribution in [-0.4, -0.2) is 51.8 Å². The number of aromatic nitrogens is 1. The molecule has 3 rings (SSSR count). The molecule has 3 aromatic rings. The van der Waals surface area contributed by atoms with E-state index in [1.165, 1.54) is 0 Å². The van der Waals surface area contributed by atoms with Crippen molar-refractivity contribution in [2.24, 2.45) is 0 Å². The lowest BCUT2D eigenvalue weighted by atomic mass is 9.98. The summed E-state index contributed by atoms with van der Waals surface area (Å²) >= 11 is 0. The van der Waals surface area contributed by atoms with Crippen LogP contribution < -0.4 is 10.6 Å². The van der Waals surface area contributed by atoms with E-state index in [-0.39, 0.29) is 18.4 Å². The summed E-state index contributed by atoms with van der Waals surface area (Å²) in [5.41, 5.74) is 0.178. The molecule has 1 unspecified atom stereocenters. The van der Waals surface area contributed by atoms with Crippen molar-refractivity contribution in [1.29, 1.82) is 0 Å². The summed E-state index contributed by atoms with van der Waals surface area (Å²) in [5, 5.41) is 15.7. The highest BCUT2D eigenvalue weighted by Crippen LogP contribution is 2.21. The number of carbonyl (C=O) groups excluding carboxylic acids is 3. The van der Waals surface area contributed by atoms with Gasteiger partial charge in [0, 0.05) is 17.8 Å². The Kier molecular flexibility index (Phi) is 13.9. The number of ether oxygens (including phenoxy) is 2. The zero-order chi connectivity index (χ0) is 35.5. The standard InChI is InChI=1S/C20H24F2N2O3.C14H17F2NO3/c1-12-6-5-7-16(23-12)18(25)17(24-19(26)27-20(2,3)4)10-13-8-14(21)11-15(22)9-13;1-14(2,3)20-13(19)17-12(8-18)6-9-4-10(15)7-11(16)5-9/h5-9,11,17-18,25H,10H2,1-4H3,(H,24,26);4-5,7-8,12H,6H2,1-3H3,(H,17,19)/t17-,18?;12-/m00/s1. The van der Waals surface area contributed by atoms with Crippen molar-refractivity contribution in [3.63, 3.8) is 0 Å². The van der Waals surface area contributed by atoms with Gasteiger partial charge in [-0.3, -0.25) is 4.98 Å². The zero-order valence-electron chi connectivity index (χ0n) is 27.4. The molecule has 0 saturated heterocycles. The van der Waals surface area contributed by atoms with Gasteiger partial charge in [0.2, 0.25) is 0 Å². The molecule has 0 saturated carbocycles. The van der Waals surface area contributed by atoms with Gasteiger partial charge < -0.3 is 30.0 Å². The van der Waals surface area contributed by atoms with E-state index in [1.807, 2.05) is 0 Å². The monoisotopic (exact) mass is 663 g/mol. The van der Waals surface area contributed by atoms with E-state index in [0.717, 1.165) is 36.4 Å². The third-order valence-electron chi connectivity index (χ3n) is 5.92. The number of rotatable bonds is 9. The van der Waals surface area contributed by atoms with Gasteiger partial charge in [0.15, 0.2) is 0 Å². The molecule has 256 valence electrons. The predicted molar refractivity (Wildman–Crippen MR) is 166 cm³/mol. The van der Waals surface area contributed by atoms with E-state index in [0.29, 0.717) is 23.2 Å². The maximum absolute atomic E-state index is 13.5. The highest BCUT2D eigenvalue weighted by molar-refractivity contribution is 5.73. The van der Waals surface area contributed by atoms with Gasteiger partial charge in [0.05, 0.1) is 17.8 Å². The molecule has 0 fully saturated rings. The van der Waals surface area contributed by atoms with Crippen molar-refractivity contribution >= 4 is 18.5 Å². The molecule has 0 radical (unpaired) electrons. The van der Waals surface area contributed by atoms with Gasteiger partial charge in [-0.05, 0) is 109 Å². The number of amides is 2. The molecule has 2 amide bonds. The van der Waals surface area contributed by atoms with E-state index in [2.05, 4.69) is 15.6 Å². The fourth-order valence-corrected chi connectivity index (χ4v) is 4.19. The first-order valence-electron chi connectivity index (χ1n) is 14.7. The minimum Gasteiger partial charge on any atom is -0.444 e. The van der Waals surface area contributed by atoms with Crippen LogP contribution in [0.1, 0.15) is 70.2 Å². The van der Waals surface area contributed by atoms with Crippen LogP contribution in [0.2, 0.25) is 0 Å². The molecule has 0 aliphatic rings. The number of nitrogens with zero attached hydrogens (tertiary/aromatic N) is 1. The van der Waals surface area contributed by atoms with Crippen LogP contribution in [0.25, 0.3) is 0 Å². The van der Waals surface area contributed by atoms with Crippen molar-refractivity contribution < 1.29 is 46.5 Å². The normalized spacial score (nSPS) is 13.3. The number of pyridine rings is 1. The predicted octanol–water partition coefficient (Wildman–Crippen LogP) is 6.44. The van der Waals surface area contributed by atoms with E-state index >= 15 is 0 Å². The fraction of sp³-hybridized carbons (Fsp3) is 0.412. The molecule has 2 aromatic carbocycles. The molecule has 3 N–H and O–H groups in total. The van der Waals surface area contributed by atoms with Gasteiger partial charge in [-0.15, -0.1) is 0 Å². The number of hydrogen-bond donors (Lipinski definition) is 3. The Morgan fingerprint density at radius 3 is 1.66 bits per heavy atom. The molecule has 1 aromatic heterocycles. The zero-order valence-corrected chi connectivity index (χ0v) is 27.4. The van der Waals surface area contributed by atoms with Gasteiger partial charge in [-0.1, -0.05) is 6.07 Å². The first-order valence-corrected chi connectivity index (χ1v) is 14.7. The number of carbonyl (C=O) groups is 3. The van der Waals surface area contributed by atoms with Crippen molar-refractivity contribution in [1.82, 2.24) is 15.6 Å². The van der Waals surface area contributed by atoms with Gasteiger partial charge in [-0.2, -0.15) is 0 Å². The number of hydrogen-bond acceptors (Lipinski definition) is 7. The van der Waals surface area contributed by atoms with Gasteiger partial charge in [0.25, 0.3) is 0 Å². The molecular formula is C34H41F4N3O6. The Morgan fingerprint density at radius 2 is 1.23 bits per heavy atom. The Morgan fingerprint density at radius 1 is 0.787 bits per heavy atom. The van der Waals surface area contributed by atoms with E-state index in [1.54, 1.807) is 66.7 Å². The average Bonchev–Trinajstić information content (AvgIpc) is 2.89. The highest BCUT2D eigenvalue weighted by Gasteiger charge is 2.27. The Balaban J connectivity index is 0.000000343. The number of aldehydes is 1. The molecule has 0 bridgehead atoms. The number of aliphatic hydroxyl groups excluding tert-OH is 1.